The molecule has 1 rings (SSSR count). The Morgan fingerprint density at radius 1 is 1.31 bits per heavy atom. The van der Waals surface area contributed by atoms with Crippen molar-refractivity contribution in [1.29, 1.82) is 0 Å². The van der Waals surface area contributed by atoms with Crippen LogP contribution in [0, 0.1) is 6.92 Å². The van der Waals surface area contributed by atoms with Gasteiger partial charge in [-0.2, -0.15) is 0 Å². The van der Waals surface area contributed by atoms with E-state index in [-0.39, 0.29) is 5.97 Å². The fourth-order valence-corrected chi connectivity index (χ4v) is 1.65. The van der Waals surface area contributed by atoms with E-state index < -0.39 is 0 Å². The van der Waals surface area contributed by atoms with Crippen molar-refractivity contribution < 1.29 is 9.53 Å². The second-order valence-electron chi connectivity index (χ2n) is 3.61. The van der Waals surface area contributed by atoms with Gasteiger partial charge >= 0.3 is 5.97 Å². The SMILES string of the molecule is CCOC(=O)CN(CC)c1ccccc1C. The van der Waals surface area contributed by atoms with Crippen LogP contribution in [0.15, 0.2) is 24.3 Å². The quantitative estimate of drug-likeness (QED) is 0.715. The van der Waals surface area contributed by atoms with Crippen LogP contribution < -0.4 is 4.90 Å². The Labute approximate surface area is 97.0 Å². The molecule has 1 aromatic rings. The molecule has 0 fully saturated rings. The number of ether oxygens (including phenoxy) is 1. The molecule has 3 heteroatoms. The number of rotatable bonds is 5. The summed E-state index contributed by atoms with van der Waals surface area (Å²) in [6, 6.07) is 8.05. The number of carbonyl (C=O) groups is 1. The highest BCUT2D eigenvalue weighted by atomic mass is 16.5. The molecule has 0 saturated heterocycles. The van der Waals surface area contributed by atoms with Crippen molar-refractivity contribution in [3.8, 4) is 0 Å². The normalized spacial score (nSPS) is 9.94. The van der Waals surface area contributed by atoms with Gasteiger partial charge in [0.25, 0.3) is 0 Å². The maximum absolute atomic E-state index is 11.4. The van der Waals surface area contributed by atoms with E-state index in [0.717, 1.165) is 12.2 Å². The van der Waals surface area contributed by atoms with Gasteiger partial charge in [0.1, 0.15) is 6.54 Å². The summed E-state index contributed by atoms with van der Waals surface area (Å²) in [7, 11) is 0. The van der Waals surface area contributed by atoms with Gasteiger partial charge in [-0.1, -0.05) is 18.2 Å². The summed E-state index contributed by atoms with van der Waals surface area (Å²) < 4.78 is 4.95. The smallest absolute Gasteiger partial charge is 0.325 e. The van der Waals surface area contributed by atoms with E-state index in [4.69, 9.17) is 4.74 Å². The average Bonchev–Trinajstić information content (AvgIpc) is 2.27. The topological polar surface area (TPSA) is 29.5 Å². The van der Waals surface area contributed by atoms with Crippen LogP contribution in [0.1, 0.15) is 19.4 Å². The van der Waals surface area contributed by atoms with Gasteiger partial charge in [0, 0.05) is 12.2 Å². The number of nitrogens with zero attached hydrogens (tertiary/aromatic N) is 1. The summed E-state index contributed by atoms with van der Waals surface area (Å²) in [5, 5.41) is 0. The summed E-state index contributed by atoms with van der Waals surface area (Å²) in [5.74, 6) is -0.174. The lowest BCUT2D eigenvalue weighted by molar-refractivity contribution is -0.141. The molecule has 3 nitrogen and oxygen atoms in total. The van der Waals surface area contributed by atoms with Crippen molar-refractivity contribution in [2.24, 2.45) is 0 Å². The van der Waals surface area contributed by atoms with E-state index in [2.05, 4.69) is 0 Å². The molecule has 88 valence electrons. The number of benzene rings is 1. The lowest BCUT2D eigenvalue weighted by Crippen LogP contribution is -2.31. The van der Waals surface area contributed by atoms with E-state index in [1.807, 2.05) is 49.9 Å². The number of anilines is 1. The lowest BCUT2D eigenvalue weighted by atomic mass is 10.2. The number of hydrogen-bond acceptors (Lipinski definition) is 3. The molecule has 0 aliphatic carbocycles. The number of hydrogen-bond donors (Lipinski definition) is 0. The van der Waals surface area contributed by atoms with Gasteiger partial charge < -0.3 is 9.64 Å². The Balaban J connectivity index is 2.75. The lowest BCUT2D eigenvalue weighted by Gasteiger charge is -2.23. The first-order valence-electron chi connectivity index (χ1n) is 5.65. The molecule has 0 heterocycles. The second-order valence-corrected chi connectivity index (χ2v) is 3.61. The molecule has 0 saturated carbocycles. The van der Waals surface area contributed by atoms with Gasteiger partial charge in [-0.25, -0.2) is 0 Å². The Morgan fingerprint density at radius 2 is 2.00 bits per heavy atom. The number of likely N-dealkylation sites (N-methyl/N-ethyl adjacent to an activating group) is 1. The first-order valence-corrected chi connectivity index (χ1v) is 5.65. The monoisotopic (exact) mass is 221 g/mol. The van der Waals surface area contributed by atoms with Crippen LogP contribution >= 0.6 is 0 Å². The highest BCUT2D eigenvalue weighted by molar-refractivity contribution is 5.76. The van der Waals surface area contributed by atoms with Crippen molar-refractivity contribution in [3.63, 3.8) is 0 Å². The highest BCUT2D eigenvalue weighted by Crippen LogP contribution is 2.18. The van der Waals surface area contributed by atoms with Crippen LogP contribution in [0.5, 0.6) is 0 Å². The van der Waals surface area contributed by atoms with E-state index in [0.29, 0.717) is 13.2 Å². The van der Waals surface area contributed by atoms with Crippen molar-refractivity contribution in [3.05, 3.63) is 29.8 Å². The maximum atomic E-state index is 11.4. The molecule has 0 aliphatic heterocycles. The zero-order chi connectivity index (χ0) is 12.0. The number of para-hydroxylation sites is 1. The summed E-state index contributed by atoms with van der Waals surface area (Å²) in [4.78, 5) is 13.5. The summed E-state index contributed by atoms with van der Waals surface area (Å²) in [5.41, 5.74) is 2.27. The van der Waals surface area contributed by atoms with Crippen molar-refractivity contribution >= 4 is 11.7 Å². The fraction of sp³-hybridized carbons (Fsp3) is 0.462. The molecular weight excluding hydrogens is 202 g/mol. The van der Waals surface area contributed by atoms with Crippen LogP contribution in [-0.4, -0.2) is 25.7 Å². The highest BCUT2D eigenvalue weighted by Gasteiger charge is 2.11. The van der Waals surface area contributed by atoms with Crippen molar-refractivity contribution in [2.45, 2.75) is 20.8 Å². The summed E-state index contributed by atoms with van der Waals surface area (Å²) in [6.07, 6.45) is 0. The minimum Gasteiger partial charge on any atom is -0.465 e. The standard InChI is InChI=1S/C13H19NO2/c1-4-14(10-13(15)16-5-2)12-9-7-6-8-11(12)3/h6-9H,4-5,10H2,1-3H3. The van der Waals surface area contributed by atoms with Gasteiger partial charge in [0.2, 0.25) is 0 Å². The van der Waals surface area contributed by atoms with Gasteiger partial charge in [-0.15, -0.1) is 0 Å². The predicted molar refractivity (Wildman–Crippen MR) is 65.7 cm³/mol. The first kappa shape index (κ1) is 12.6. The van der Waals surface area contributed by atoms with Crippen LogP contribution in [0.25, 0.3) is 0 Å². The molecule has 0 aromatic heterocycles. The van der Waals surface area contributed by atoms with E-state index in [9.17, 15) is 4.79 Å². The third-order valence-corrected chi connectivity index (χ3v) is 2.46. The molecule has 1 aromatic carbocycles. The maximum Gasteiger partial charge on any atom is 0.325 e. The van der Waals surface area contributed by atoms with Crippen LogP contribution in [0.2, 0.25) is 0 Å². The second kappa shape index (κ2) is 6.16. The zero-order valence-electron chi connectivity index (χ0n) is 10.2. The molecule has 0 unspecified atom stereocenters. The minimum absolute atomic E-state index is 0.174. The Bertz CT molecular complexity index is 350. The number of esters is 1. The molecular formula is C13H19NO2. The molecule has 0 amide bonds. The van der Waals surface area contributed by atoms with Gasteiger partial charge in [-0.05, 0) is 32.4 Å². The minimum atomic E-state index is -0.174. The Hall–Kier alpha value is -1.51. The third kappa shape index (κ3) is 3.26. The van der Waals surface area contributed by atoms with Crippen molar-refractivity contribution in [1.82, 2.24) is 0 Å². The largest absolute Gasteiger partial charge is 0.465 e. The molecule has 0 spiro atoms. The van der Waals surface area contributed by atoms with Gasteiger partial charge in [0.15, 0.2) is 0 Å². The number of carbonyl (C=O) groups excluding carboxylic acids is 1. The predicted octanol–water partition coefficient (Wildman–Crippen LogP) is 2.38. The van der Waals surface area contributed by atoms with Crippen LogP contribution in [0.3, 0.4) is 0 Å². The molecule has 0 radical (unpaired) electrons. The Kier molecular flexibility index (Phi) is 4.83. The van der Waals surface area contributed by atoms with Crippen LogP contribution in [0.4, 0.5) is 5.69 Å². The molecule has 0 N–H and O–H groups in total. The van der Waals surface area contributed by atoms with Gasteiger partial charge in [0.05, 0.1) is 6.61 Å². The Morgan fingerprint density at radius 3 is 2.56 bits per heavy atom. The van der Waals surface area contributed by atoms with Crippen LogP contribution in [-0.2, 0) is 9.53 Å². The molecule has 0 aliphatic rings. The molecule has 0 bridgehead atoms. The first-order chi connectivity index (χ1) is 7.69. The number of aryl methyl sites for hydroxylation is 1. The summed E-state index contributed by atoms with van der Waals surface area (Å²) >= 11 is 0. The molecule has 16 heavy (non-hydrogen) atoms. The van der Waals surface area contributed by atoms with E-state index >= 15 is 0 Å². The average molecular weight is 221 g/mol. The fourth-order valence-electron chi connectivity index (χ4n) is 1.65. The zero-order valence-corrected chi connectivity index (χ0v) is 10.2. The van der Waals surface area contributed by atoms with E-state index in [1.165, 1.54) is 5.56 Å². The van der Waals surface area contributed by atoms with E-state index in [1.54, 1.807) is 0 Å². The third-order valence-electron chi connectivity index (χ3n) is 2.46. The molecule has 0 atom stereocenters. The van der Waals surface area contributed by atoms with Gasteiger partial charge in [-0.3, -0.25) is 4.79 Å². The summed E-state index contributed by atoms with van der Waals surface area (Å²) in [6.45, 7) is 7.44. The van der Waals surface area contributed by atoms with Crippen molar-refractivity contribution in [2.75, 3.05) is 24.6 Å².